The number of nitrogens with zero attached hydrogens (tertiary/aromatic N) is 5. The van der Waals surface area contributed by atoms with Crippen LogP contribution in [0.3, 0.4) is 0 Å². The van der Waals surface area contributed by atoms with E-state index in [4.69, 9.17) is 5.26 Å². The number of thioether (sulfide) groups is 1. The van der Waals surface area contributed by atoms with E-state index in [2.05, 4.69) is 31.5 Å². The maximum atomic E-state index is 13.0. The van der Waals surface area contributed by atoms with Crippen molar-refractivity contribution in [3.05, 3.63) is 59.5 Å². The van der Waals surface area contributed by atoms with Gasteiger partial charge in [-0.15, -0.1) is 10.2 Å². The second-order valence-electron chi connectivity index (χ2n) is 7.06. The van der Waals surface area contributed by atoms with Crippen LogP contribution in [-0.2, 0) is 10.5 Å². The zero-order valence-corrected chi connectivity index (χ0v) is 18.1. The van der Waals surface area contributed by atoms with Gasteiger partial charge in [-0.25, -0.2) is 9.37 Å². The molecule has 0 radical (unpaired) electrons. The highest BCUT2D eigenvalue weighted by atomic mass is 32.2. The summed E-state index contributed by atoms with van der Waals surface area (Å²) >= 11 is 2.84. The SMILES string of the molecule is N#Cc1ccc(N2CCC(C(=O)Nc3nnc(SCc4ccc(F)cc4)s3)CC2)nc1. The number of carbonyl (C=O) groups is 1. The normalized spacial score (nSPS) is 14.3. The molecule has 1 aliphatic rings. The summed E-state index contributed by atoms with van der Waals surface area (Å²) in [6.07, 6.45) is 3.01. The number of pyridine rings is 1. The van der Waals surface area contributed by atoms with Crippen LogP contribution in [0.4, 0.5) is 15.3 Å². The zero-order valence-electron chi connectivity index (χ0n) is 16.5. The third-order valence-electron chi connectivity index (χ3n) is 4.98. The molecule has 0 aliphatic carbocycles. The Bertz CT molecular complexity index is 1070. The maximum absolute atomic E-state index is 13.0. The lowest BCUT2D eigenvalue weighted by Gasteiger charge is -2.31. The number of hydrogen-bond acceptors (Lipinski definition) is 8. The van der Waals surface area contributed by atoms with E-state index in [9.17, 15) is 9.18 Å². The lowest BCUT2D eigenvalue weighted by Crippen LogP contribution is -2.38. The van der Waals surface area contributed by atoms with Crippen LogP contribution in [0.1, 0.15) is 24.0 Å². The molecular weight excluding hydrogens is 435 g/mol. The lowest BCUT2D eigenvalue weighted by molar-refractivity contribution is -0.120. The molecule has 2 aromatic heterocycles. The Morgan fingerprint density at radius 1 is 1.23 bits per heavy atom. The fourth-order valence-corrected chi connectivity index (χ4v) is 4.97. The summed E-state index contributed by atoms with van der Waals surface area (Å²) in [7, 11) is 0. The molecule has 31 heavy (non-hydrogen) atoms. The van der Waals surface area contributed by atoms with E-state index in [0.29, 0.717) is 16.4 Å². The molecule has 1 aliphatic heterocycles. The van der Waals surface area contributed by atoms with Crippen molar-refractivity contribution in [2.45, 2.75) is 22.9 Å². The van der Waals surface area contributed by atoms with Gasteiger partial charge in [0.2, 0.25) is 11.0 Å². The smallest absolute Gasteiger partial charge is 0.229 e. The van der Waals surface area contributed by atoms with Crippen molar-refractivity contribution < 1.29 is 9.18 Å². The summed E-state index contributed by atoms with van der Waals surface area (Å²) in [6.45, 7) is 1.46. The molecule has 0 atom stereocenters. The first-order valence-electron chi connectivity index (χ1n) is 9.73. The van der Waals surface area contributed by atoms with Crippen LogP contribution in [-0.4, -0.2) is 34.2 Å². The van der Waals surface area contributed by atoms with Crippen molar-refractivity contribution in [2.75, 3.05) is 23.3 Å². The number of piperidine rings is 1. The third kappa shape index (κ3) is 5.57. The van der Waals surface area contributed by atoms with Crippen molar-refractivity contribution in [1.29, 1.82) is 5.26 Å². The summed E-state index contributed by atoms with van der Waals surface area (Å²) in [5.74, 6) is 1.09. The molecule has 1 N–H and O–H groups in total. The number of benzene rings is 1. The van der Waals surface area contributed by atoms with E-state index >= 15 is 0 Å². The first kappa shape index (κ1) is 21.2. The van der Waals surface area contributed by atoms with E-state index in [-0.39, 0.29) is 17.6 Å². The van der Waals surface area contributed by atoms with Crippen LogP contribution in [0.15, 0.2) is 46.9 Å². The van der Waals surface area contributed by atoms with Gasteiger partial charge in [0.15, 0.2) is 4.34 Å². The molecule has 3 heterocycles. The Kier molecular flexibility index (Phi) is 6.74. The van der Waals surface area contributed by atoms with Crippen molar-refractivity contribution in [2.24, 2.45) is 5.92 Å². The van der Waals surface area contributed by atoms with Crippen LogP contribution in [0, 0.1) is 23.1 Å². The molecule has 0 bridgehead atoms. The molecule has 1 saturated heterocycles. The number of anilines is 2. The predicted molar refractivity (Wildman–Crippen MR) is 118 cm³/mol. The zero-order chi connectivity index (χ0) is 21.6. The second-order valence-corrected chi connectivity index (χ2v) is 9.26. The van der Waals surface area contributed by atoms with E-state index in [1.807, 2.05) is 6.07 Å². The molecule has 0 saturated carbocycles. The number of hydrogen-bond donors (Lipinski definition) is 1. The van der Waals surface area contributed by atoms with Crippen molar-refractivity contribution >= 4 is 40.0 Å². The molecule has 10 heteroatoms. The Hall–Kier alpha value is -3.03. The number of amides is 1. The first-order valence-corrected chi connectivity index (χ1v) is 11.5. The molecule has 1 amide bonds. The monoisotopic (exact) mass is 454 g/mol. The molecule has 158 valence electrons. The van der Waals surface area contributed by atoms with E-state index < -0.39 is 0 Å². The van der Waals surface area contributed by atoms with Crippen LogP contribution in [0.5, 0.6) is 0 Å². The Morgan fingerprint density at radius 3 is 2.68 bits per heavy atom. The van der Waals surface area contributed by atoms with Crippen molar-refractivity contribution in [3.63, 3.8) is 0 Å². The van der Waals surface area contributed by atoms with Crippen LogP contribution in [0.25, 0.3) is 0 Å². The average molecular weight is 455 g/mol. The lowest BCUT2D eigenvalue weighted by atomic mass is 9.96. The highest BCUT2D eigenvalue weighted by Gasteiger charge is 2.26. The van der Waals surface area contributed by atoms with Gasteiger partial charge in [0.05, 0.1) is 5.56 Å². The molecule has 1 aromatic carbocycles. The second kappa shape index (κ2) is 9.85. The quantitative estimate of drug-likeness (QED) is 0.443. The van der Waals surface area contributed by atoms with Crippen LogP contribution in [0.2, 0.25) is 0 Å². The minimum atomic E-state index is -0.256. The Morgan fingerprint density at radius 2 is 2.00 bits per heavy atom. The maximum Gasteiger partial charge on any atom is 0.229 e. The highest BCUT2D eigenvalue weighted by Crippen LogP contribution is 2.29. The number of nitriles is 1. The summed E-state index contributed by atoms with van der Waals surface area (Å²) in [6, 6.07) is 12.0. The minimum Gasteiger partial charge on any atom is -0.357 e. The van der Waals surface area contributed by atoms with Gasteiger partial charge in [-0.3, -0.25) is 4.79 Å². The van der Waals surface area contributed by atoms with Gasteiger partial charge >= 0.3 is 0 Å². The Labute approximate surface area is 187 Å². The number of halogens is 1. The topological polar surface area (TPSA) is 94.8 Å². The molecule has 7 nitrogen and oxygen atoms in total. The molecule has 3 aromatic rings. The number of rotatable bonds is 6. The highest BCUT2D eigenvalue weighted by molar-refractivity contribution is 8.00. The number of aromatic nitrogens is 3. The summed E-state index contributed by atoms with van der Waals surface area (Å²) in [4.78, 5) is 19.1. The van der Waals surface area contributed by atoms with Gasteiger partial charge in [-0.2, -0.15) is 5.26 Å². The summed E-state index contributed by atoms with van der Waals surface area (Å²) < 4.78 is 13.7. The molecule has 4 rings (SSSR count). The van der Waals surface area contributed by atoms with Gasteiger partial charge in [0, 0.05) is 31.0 Å². The van der Waals surface area contributed by atoms with Gasteiger partial charge in [-0.1, -0.05) is 35.2 Å². The van der Waals surface area contributed by atoms with Crippen molar-refractivity contribution in [1.82, 2.24) is 15.2 Å². The van der Waals surface area contributed by atoms with Gasteiger partial charge in [-0.05, 0) is 42.7 Å². The van der Waals surface area contributed by atoms with E-state index in [1.54, 1.807) is 24.4 Å². The van der Waals surface area contributed by atoms with Crippen LogP contribution >= 0.6 is 23.1 Å². The van der Waals surface area contributed by atoms with E-state index in [0.717, 1.165) is 41.7 Å². The number of nitrogens with one attached hydrogen (secondary N) is 1. The standard InChI is InChI=1S/C21H19FN6OS2/c22-17-4-1-14(2-5-17)13-30-21-27-26-20(31-21)25-19(29)16-7-9-28(10-8-16)18-6-3-15(11-23)12-24-18/h1-6,12,16H,7-10,13H2,(H,25,26,29). The van der Waals surface area contributed by atoms with Crippen LogP contribution < -0.4 is 10.2 Å². The van der Waals surface area contributed by atoms with Crippen molar-refractivity contribution in [3.8, 4) is 6.07 Å². The molecule has 0 spiro atoms. The summed E-state index contributed by atoms with van der Waals surface area (Å²) in [5, 5.41) is 20.4. The van der Waals surface area contributed by atoms with Gasteiger partial charge in [0.1, 0.15) is 17.7 Å². The fraction of sp³-hybridized carbons (Fsp3) is 0.286. The fourth-order valence-electron chi connectivity index (χ4n) is 3.26. The third-order valence-corrected chi connectivity index (χ3v) is 7.02. The van der Waals surface area contributed by atoms with Gasteiger partial charge in [0.25, 0.3) is 0 Å². The molecule has 1 fully saturated rings. The van der Waals surface area contributed by atoms with Gasteiger partial charge < -0.3 is 10.2 Å². The number of carbonyl (C=O) groups excluding carboxylic acids is 1. The first-order chi connectivity index (χ1) is 15.1. The molecule has 0 unspecified atom stereocenters. The van der Waals surface area contributed by atoms with E-state index in [1.165, 1.54) is 35.2 Å². The minimum absolute atomic E-state index is 0.0429. The molecular formula is C21H19FN6OS2. The summed E-state index contributed by atoms with van der Waals surface area (Å²) in [5.41, 5.74) is 1.53. The largest absolute Gasteiger partial charge is 0.357 e. The average Bonchev–Trinajstić information content (AvgIpc) is 3.26. The predicted octanol–water partition coefficient (Wildman–Crippen LogP) is 4.09. The Balaban J connectivity index is 1.25.